The van der Waals surface area contributed by atoms with Crippen LogP contribution in [0, 0.1) is 6.92 Å². The molecule has 5 nitrogen and oxygen atoms in total. The normalized spacial score (nSPS) is 12.8. The molecule has 2 rings (SSSR count). The first kappa shape index (κ1) is 16.2. The van der Waals surface area contributed by atoms with Gasteiger partial charge in [0.15, 0.2) is 0 Å². The van der Waals surface area contributed by atoms with Crippen LogP contribution >= 0.6 is 0 Å². The molecule has 22 heavy (non-hydrogen) atoms. The van der Waals surface area contributed by atoms with Crippen molar-refractivity contribution < 1.29 is 13.2 Å². The van der Waals surface area contributed by atoms with Gasteiger partial charge in [0.25, 0.3) is 0 Å². The first-order valence-electron chi connectivity index (χ1n) is 6.81. The first-order valence-corrected chi connectivity index (χ1v) is 8.29. The van der Waals surface area contributed by atoms with Crippen LogP contribution in [0.25, 0.3) is 0 Å². The Morgan fingerprint density at radius 2 is 1.68 bits per heavy atom. The molecule has 0 bridgehead atoms. The van der Waals surface area contributed by atoms with Crippen LogP contribution in [0.1, 0.15) is 23.6 Å². The zero-order valence-corrected chi connectivity index (χ0v) is 13.0. The molecule has 0 fully saturated rings. The molecule has 116 valence electrons. The smallest absolute Gasteiger partial charge is 0.241 e. The lowest BCUT2D eigenvalue weighted by Gasteiger charge is -2.18. The summed E-state index contributed by atoms with van der Waals surface area (Å²) >= 11 is 0. The van der Waals surface area contributed by atoms with Gasteiger partial charge in [0, 0.05) is 6.42 Å². The van der Waals surface area contributed by atoms with Crippen molar-refractivity contribution in [3.63, 3.8) is 0 Å². The van der Waals surface area contributed by atoms with Crippen molar-refractivity contribution in [2.45, 2.75) is 24.3 Å². The van der Waals surface area contributed by atoms with Gasteiger partial charge in [0.2, 0.25) is 15.9 Å². The standard InChI is InChI=1S/C16H18N2O3S/c1-12-7-9-14(10-8-12)22(20,21)18-15(11-16(17)19)13-5-3-2-4-6-13/h2-10,15,18H,11H2,1H3,(H2,17,19)/t15-/m0/s1. The monoisotopic (exact) mass is 318 g/mol. The van der Waals surface area contributed by atoms with E-state index in [1.165, 1.54) is 12.1 Å². The SMILES string of the molecule is Cc1ccc(S(=O)(=O)N[C@@H](CC(N)=O)c2ccccc2)cc1. The molecule has 0 aromatic heterocycles. The highest BCUT2D eigenvalue weighted by atomic mass is 32.2. The quantitative estimate of drug-likeness (QED) is 0.852. The third kappa shape index (κ3) is 4.16. The molecule has 1 atom stereocenters. The lowest BCUT2D eigenvalue weighted by atomic mass is 10.1. The van der Waals surface area contributed by atoms with Crippen LogP contribution in [0.5, 0.6) is 0 Å². The van der Waals surface area contributed by atoms with Crippen molar-refractivity contribution in [2.75, 3.05) is 0 Å². The van der Waals surface area contributed by atoms with Gasteiger partial charge in [-0.05, 0) is 24.6 Å². The largest absolute Gasteiger partial charge is 0.370 e. The Morgan fingerprint density at radius 3 is 2.23 bits per heavy atom. The number of rotatable bonds is 6. The molecule has 0 saturated carbocycles. The summed E-state index contributed by atoms with van der Waals surface area (Å²) in [5.41, 5.74) is 6.89. The van der Waals surface area contributed by atoms with Crippen molar-refractivity contribution in [2.24, 2.45) is 5.73 Å². The van der Waals surface area contributed by atoms with E-state index in [0.29, 0.717) is 5.56 Å². The minimum absolute atomic E-state index is 0.102. The minimum atomic E-state index is -3.73. The number of hydrogen-bond donors (Lipinski definition) is 2. The number of carbonyl (C=O) groups excluding carboxylic acids is 1. The van der Waals surface area contributed by atoms with E-state index in [1.54, 1.807) is 36.4 Å². The molecule has 0 unspecified atom stereocenters. The molecule has 2 aromatic carbocycles. The Balaban J connectivity index is 2.30. The Labute approximate surface area is 130 Å². The number of nitrogens with one attached hydrogen (secondary N) is 1. The summed E-state index contributed by atoms with van der Waals surface area (Å²) in [6.45, 7) is 1.88. The number of amides is 1. The summed E-state index contributed by atoms with van der Waals surface area (Å²) < 4.78 is 27.4. The van der Waals surface area contributed by atoms with Crippen LogP contribution in [-0.4, -0.2) is 14.3 Å². The Kier molecular flexibility index (Phi) is 4.95. The maximum absolute atomic E-state index is 12.4. The lowest BCUT2D eigenvalue weighted by molar-refractivity contribution is -0.118. The highest BCUT2D eigenvalue weighted by Gasteiger charge is 2.22. The van der Waals surface area contributed by atoms with E-state index in [1.807, 2.05) is 13.0 Å². The second kappa shape index (κ2) is 6.72. The lowest BCUT2D eigenvalue weighted by Crippen LogP contribution is -2.31. The summed E-state index contributed by atoms with van der Waals surface area (Å²) in [5.74, 6) is -0.569. The van der Waals surface area contributed by atoms with Gasteiger partial charge in [-0.2, -0.15) is 0 Å². The van der Waals surface area contributed by atoms with Crippen LogP contribution < -0.4 is 10.5 Å². The van der Waals surface area contributed by atoms with Crippen LogP contribution in [-0.2, 0) is 14.8 Å². The Bertz CT molecular complexity index is 741. The highest BCUT2D eigenvalue weighted by molar-refractivity contribution is 7.89. The molecule has 0 aliphatic carbocycles. The molecule has 0 saturated heterocycles. The molecule has 2 aromatic rings. The van der Waals surface area contributed by atoms with Crippen LogP contribution in [0.15, 0.2) is 59.5 Å². The van der Waals surface area contributed by atoms with Gasteiger partial charge in [0.05, 0.1) is 10.9 Å². The summed E-state index contributed by atoms with van der Waals surface area (Å²) in [5, 5.41) is 0. The molecule has 0 heterocycles. The predicted molar refractivity (Wildman–Crippen MR) is 84.5 cm³/mol. The molecule has 0 radical (unpaired) electrons. The van der Waals surface area contributed by atoms with Crippen molar-refractivity contribution in [1.82, 2.24) is 4.72 Å². The maximum atomic E-state index is 12.4. The van der Waals surface area contributed by atoms with E-state index in [4.69, 9.17) is 5.73 Å². The summed E-state index contributed by atoms with van der Waals surface area (Å²) in [6.07, 6.45) is -0.102. The van der Waals surface area contributed by atoms with Gasteiger partial charge < -0.3 is 5.73 Å². The van der Waals surface area contributed by atoms with Gasteiger partial charge in [-0.1, -0.05) is 48.0 Å². The van der Waals surface area contributed by atoms with Gasteiger partial charge in [-0.25, -0.2) is 13.1 Å². The Hall–Kier alpha value is -2.18. The number of aryl methyl sites for hydroxylation is 1. The van der Waals surface area contributed by atoms with Crippen molar-refractivity contribution in [1.29, 1.82) is 0 Å². The third-order valence-electron chi connectivity index (χ3n) is 3.24. The third-order valence-corrected chi connectivity index (χ3v) is 4.72. The van der Waals surface area contributed by atoms with E-state index in [2.05, 4.69) is 4.72 Å². The second-order valence-electron chi connectivity index (χ2n) is 5.07. The predicted octanol–water partition coefficient (Wildman–Crippen LogP) is 1.89. The highest BCUT2D eigenvalue weighted by Crippen LogP contribution is 2.20. The summed E-state index contributed by atoms with van der Waals surface area (Å²) in [4.78, 5) is 11.4. The van der Waals surface area contributed by atoms with Gasteiger partial charge in [0.1, 0.15) is 0 Å². The number of benzene rings is 2. The molecule has 0 spiro atoms. The average Bonchev–Trinajstić information content (AvgIpc) is 2.47. The zero-order valence-electron chi connectivity index (χ0n) is 12.2. The Morgan fingerprint density at radius 1 is 1.09 bits per heavy atom. The zero-order chi connectivity index (χ0) is 16.2. The van der Waals surface area contributed by atoms with Crippen LogP contribution in [0.4, 0.5) is 0 Å². The fourth-order valence-corrected chi connectivity index (χ4v) is 3.31. The van der Waals surface area contributed by atoms with Crippen molar-refractivity contribution in [3.8, 4) is 0 Å². The van der Waals surface area contributed by atoms with E-state index in [-0.39, 0.29) is 11.3 Å². The first-order chi connectivity index (χ1) is 10.4. The van der Waals surface area contributed by atoms with E-state index in [0.717, 1.165) is 5.56 Å². The molecular formula is C16H18N2O3S. The van der Waals surface area contributed by atoms with Crippen molar-refractivity contribution >= 4 is 15.9 Å². The fourth-order valence-electron chi connectivity index (χ4n) is 2.09. The van der Waals surface area contributed by atoms with E-state index in [9.17, 15) is 13.2 Å². The number of nitrogens with two attached hydrogens (primary N) is 1. The van der Waals surface area contributed by atoms with Crippen molar-refractivity contribution in [3.05, 3.63) is 65.7 Å². The van der Waals surface area contributed by atoms with Gasteiger partial charge >= 0.3 is 0 Å². The topological polar surface area (TPSA) is 89.3 Å². The minimum Gasteiger partial charge on any atom is -0.370 e. The number of carbonyl (C=O) groups is 1. The fraction of sp³-hybridized carbons (Fsp3) is 0.188. The maximum Gasteiger partial charge on any atom is 0.241 e. The van der Waals surface area contributed by atoms with E-state index < -0.39 is 22.0 Å². The average molecular weight is 318 g/mol. The molecular weight excluding hydrogens is 300 g/mol. The molecule has 0 aliphatic rings. The van der Waals surface area contributed by atoms with Crippen LogP contribution in [0.3, 0.4) is 0 Å². The number of sulfonamides is 1. The van der Waals surface area contributed by atoms with Crippen LogP contribution in [0.2, 0.25) is 0 Å². The summed E-state index contributed by atoms with van der Waals surface area (Å²) in [7, 11) is -3.73. The molecule has 0 aliphatic heterocycles. The molecule has 3 N–H and O–H groups in total. The number of hydrogen-bond acceptors (Lipinski definition) is 3. The second-order valence-corrected chi connectivity index (χ2v) is 6.78. The van der Waals surface area contributed by atoms with Gasteiger partial charge in [-0.15, -0.1) is 0 Å². The number of primary amides is 1. The summed E-state index contributed by atoms with van der Waals surface area (Å²) in [6, 6.07) is 14.7. The molecule has 1 amide bonds. The molecule has 6 heteroatoms. The van der Waals surface area contributed by atoms with E-state index >= 15 is 0 Å². The van der Waals surface area contributed by atoms with Gasteiger partial charge in [-0.3, -0.25) is 4.79 Å².